The molecular formula is C21H24F2N6O3. The molecular weight excluding hydrogens is 422 g/mol. The first kappa shape index (κ1) is 23.2. The SMILES string of the molecule is CNC(CCC(=O)N1CCN(c2cc(F)cc(F)c2)CC1)(C(=O)NC=O)c1cncnc1. The minimum absolute atomic E-state index is 0.0244. The molecule has 1 aromatic carbocycles. The van der Waals surface area contributed by atoms with Crippen molar-refractivity contribution in [3.8, 4) is 0 Å². The van der Waals surface area contributed by atoms with Gasteiger partial charge in [-0.1, -0.05) is 0 Å². The lowest BCUT2D eigenvalue weighted by Crippen LogP contribution is -2.54. The van der Waals surface area contributed by atoms with Crippen LogP contribution in [0.15, 0.2) is 36.9 Å². The molecule has 2 aromatic rings. The van der Waals surface area contributed by atoms with Crippen molar-refractivity contribution in [1.29, 1.82) is 0 Å². The van der Waals surface area contributed by atoms with Crippen LogP contribution in [0.25, 0.3) is 0 Å². The summed E-state index contributed by atoms with van der Waals surface area (Å²) < 4.78 is 27.0. The molecule has 1 aromatic heterocycles. The monoisotopic (exact) mass is 446 g/mol. The highest BCUT2D eigenvalue weighted by atomic mass is 19.1. The molecule has 11 heteroatoms. The molecule has 1 unspecified atom stereocenters. The average molecular weight is 446 g/mol. The number of halogens is 2. The van der Waals surface area contributed by atoms with Crippen LogP contribution in [0, 0.1) is 11.6 Å². The van der Waals surface area contributed by atoms with E-state index in [4.69, 9.17) is 0 Å². The van der Waals surface area contributed by atoms with Gasteiger partial charge in [0.15, 0.2) is 0 Å². The molecule has 0 spiro atoms. The Kier molecular flexibility index (Phi) is 7.41. The number of carbonyl (C=O) groups excluding carboxylic acids is 3. The fraction of sp³-hybridized carbons (Fsp3) is 0.381. The number of benzene rings is 1. The molecule has 1 saturated heterocycles. The van der Waals surface area contributed by atoms with Gasteiger partial charge in [-0.25, -0.2) is 18.7 Å². The third kappa shape index (κ3) is 5.05. The fourth-order valence-corrected chi connectivity index (χ4v) is 3.86. The van der Waals surface area contributed by atoms with Gasteiger partial charge in [-0.15, -0.1) is 0 Å². The predicted octanol–water partition coefficient (Wildman–Crippen LogP) is 0.571. The number of aromatic nitrogens is 2. The quantitative estimate of drug-likeness (QED) is 0.571. The van der Waals surface area contributed by atoms with Gasteiger partial charge in [0.2, 0.25) is 12.3 Å². The molecule has 1 atom stereocenters. The molecule has 0 radical (unpaired) electrons. The lowest BCUT2D eigenvalue weighted by atomic mass is 9.85. The van der Waals surface area contributed by atoms with Crippen molar-refractivity contribution >= 4 is 23.9 Å². The first-order valence-electron chi connectivity index (χ1n) is 10.1. The highest BCUT2D eigenvalue weighted by Gasteiger charge is 2.40. The summed E-state index contributed by atoms with van der Waals surface area (Å²) in [5, 5.41) is 5.05. The summed E-state index contributed by atoms with van der Waals surface area (Å²) in [5.74, 6) is -2.10. The highest BCUT2D eigenvalue weighted by Crippen LogP contribution is 2.27. The summed E-state index contributed by atoms with van der Waals surface area (Å²) in [6.07, 6.45) is 4.61. The van der Waals surface area contributed by atoms with Crippen molar-refractivity contribution in [2.24, 2.45) is 0 Å². The van der Waals surface area contributed by atoms with Gasteiger partial charge in [-0.2, -0.15) is 0 Å². The van der Waals surface area contributed by atoms with E-state index in [0.29, 0.717) is 37.4 Å². The van der Waals surface area contributed by atoms with Crippen LogP contribution in [-0.4, -0.2) is 66.3 Å². The van der Waals surface area contributed by atoms with E-state index in [1.165, 1.54) is 30.9 Å². The molecule has 32 heavy (non-hydrogen) atoms. The number of hydrogen-bond donors (Lipinski definition) is 2. The van der Waals surface area contributed by atoms with E-state index >= 15 is 0 Å². The van der Waals surface area contributed by atoms with E-state index in [-0.39, 0.29) is 25.2 Å². The summed E-state index contributed by atoms with van der Waals surface area (Å²) in [4.78, 5) is 47.7. The van der Waals surface area contributed by atoms with Crippen LogP contribution in [0.5, 0.6) is 0 Å². The molecule has 1 aliphatic heterocycles. The van der Waals surface area contributed by atoms with Crippen molar-refractivity contribution in [3.05, 3.63) is 54.1 Å². The molecule has 2 heterocycles. The third-order valence-electron chi connectivity index (χ3n) is 5.62. The second-order valence-electron chi connectivity index (χ2n) is 7.37. The largest absolute Gasteiger partial charge is 0.368 e. The lowest BCUT2D eigenvalue weighted by molar-refractivity contribution is -0.133. The smallest absolute Gasteiger partial charge is 0.251 e. The van der Waals surface area contributed by atoms with Crippen LogP contribution >= 0.6 is 0 Å². The number of rotatable bonds is 8. The zero-order chi connectivity index (χ0) is 23.1. The number of likely N-dealkylation sites (N-methyl/N-ethyl adjacent to an activating group) is 1. The van der Waals surface area contributed by atoms with Gasteiger partial charge in [-0.05, 0) is 25.6 Å². The van der Waals surface area contributed by atoms with Gasteiger partial charge in [0, 0.05) is 62.3 Å². The zero-order valence-corrected chi connectivity index (χ0v) is 17.6. The summed E-state index contributed by atoms with van der Waals surface area (Å²) in [5.41, 5.74) is -0.510. The van der Waals surface area contributed by atoms with Crippen molar-refractivity contribution in [2.45, 2.75) is 18.4 Å². The molecule has 3 amide bonds. The highest BCUT2D eigenvalue weighted by molar-refractivity contribution is 5.94. The second kappa shape index (κ2) is 10.2. The van der Waals surface area contributed by atoms with E-state index < -0.39 is 23.1 Å². The maximum absolute atomic E-state index is 13.5. The Morgan fingerprint density at radius 2 is 1.72 bits per heavy atom. The van der Waals surface area contributed by atoms with Gasteiger partial charge in [0.05, 0.1) is 0 Å². The summed E-state index contributed by atoms with van der Waals surface area (Å²) in [6.45, 7) is 1.59. The Balaban J connectivity index is 1.65. The Labute approximate surface area is 183 Å². The van der Waals surface area contributed by atoms with Gasteiger partial charge >= 0.3 is 0 Å². The predicted molar refractivity (Wildman–Crippen MR) is 111 cm³/mol. The number of carbonyl (C=O) groups is 3. The van der Waals surface area contributed by atoms with E-state index in [9.17, 15) is 23.2 Å². The molecule has 0 saturated carbocycles. The van der Waals surface area contributed by atoms with E-state index in [0.717, 1.165) is 6.07 Å². The van der Waals surface area contributed by atoms with Crippen molar-refractivity contribution in [1.82, 2.24) is 25.5 Å². The number of nitrogens with one attached hydrogen (secondary N) is 2. The van der Waals surface area contributed by atoms with Crippen LogP contribution in [-0.2, 0) is 19.9 Å². The van der Waals surface area contributed by atoms with Crippen LogP contribution in [0.4, 0.5) is 14.5 Å². The van der Waals surface area contributed by atoms with Gasteiger partial charge < -0.3 is 15.1 Å². The standard InChI is InChI=1S/C21H24F2N6O3/c1-24-21(20(32)27-14-30,15-11-25-13-26-12-15)3-2-19(31)29-6-4-28(5-7-29)18-9-16(22)8-17(23)10-18/h8-14,24H,2-7H2,1H3,(H,27,30,32). The Hall–Kier alpha value is -3.47. The molecule has 1 aliphatic rings. The first-order valence-corrected chi connectivity index (χ1v) is 10.1. The molecule has 9 nitrogen and oxygen atoms in total. The van der Waals surface area contributed by atoms with Gasteiger partial charge in [0.25, 0.3) is 5.91 Å². The summed E-state index contributed by atoms with van der Waals surface area (Å²) in [7, 11) is 1.55. The number of anilines is 1. The van der Waals surface area contributed by atoms with Crippen LogP contribution in [0.3, 0.4) is 0 Å². The molecule has 3 rings (SSSR count). The second-order valence-corrected chi connectivity index (χ2v) is 7.37. The number of hydrogen-bond acceptors (Lipinski definition) is 7. The summed E-state index contributed by atoms with van der Waals surface area (Å²) in [6, 6.07) is 3.33. The maximum atomic E-state index is 13.5. The normalized spacial score (nSPS) is 15.7. The van der Waals surface area contributed by atoms with Crippen LogP contribution < -0.4 is 15.5 Å². The summed E-state index contributed by atoms with van der Waals surface area (Å²) >= 11 is 0. The van der Waals surface area contributed by atoms with Gasteiger partial charge in [-0.3, -0.25) is 19.7 Å². The van der Waals surface area contributed by atoms with E-state index in [1.54, 1.807) is 11.9 Å². The average Bonchev–Trinajstić information content (AvgIpc) is 2.80. The van der Waals surface area contributed by atoms with E-state index in [1.807, 2.05) is 4.90 Å². The Bertz CT molecular complexity index is 949. The minimum Gasteiger partial charge on any atom is -0.368 e. The van der Waals surface area contributed by atoms with Crippen molar-refractivity contribution < 1.29 is 23.2 Å². The first-order chi connectivity index (χ1) is 15.4. The molecule has 0 bridgehead atoms. The van der Waals surface area contributed by atoms with Crippen LogP contribution in [0.2, 0.25) is 0 Å². The maximum Gasteiger partial charge on any atom is 0.251 e. The molecule has 2 N–H and O–H groups in total. The Morgan fingerprint density at radius 3 is 2.28 bits per heavy atom. The number of piperazine rings is 1. The number of amides is 3. The Morgan fingerprint density at radius 1 is 1.09 bits per heavy atom. The van der Waals surface area contributed by atoms with Gasteiger partial charge in [0.1, 0.15) is 23.5 Å². The molecule has 1 fully saturated rings. The van der Waals surface area contributed by atoms with Crippen molar-refractivity contribution in [2.75, 3.05) is 38.1 Å². The van der Waals surface area contributed by atoms with Crippen molar-refractivity contribution in [3.63, 3.8) is 0 Å². The minimum atomic E-state index is -1.36. The topological polar surface area (TPSA) is 108 Å². The third-order valence-corrected chi connectivity index (χ3v) is 5.62. The van der Waals surface area contributed by atoms with E-state index in [2.05, 4.69) is 20.6 Å². The molecule has 0 aliphatic carbocycles. The zero-order valence-electron chi connectivity index (χ0n) is 17.6. The molecule has 170 valence electrons. The fourth-order valence-electron chi connectivity index (χ4n) is 3.86. The number of nitrogens with zero attached hydrogens (tertiary/aromatic N) is 4. The number of imide groups is 1. The van der Waals surface area contributed by atoms with Crippen LogP contribution in [0.1, 0.15) is 18.4 Å². The lowest BCUT2D eigenvalue weighted by Gasteiger charge is -2.37.